The topological polar surface area (TPSA) is 76.5 Å². The van der Waals surface area contributed by atoms with Crippen LogP contribution in [0.15, 0.2) is 30.5 Å². The second-order valence-electron chi connectivity index (χ2n) is 9.25. The van der Waals surface area contributed by atoms with Crippen molar-refractivity contribution in [1.29, 1.82) is 0 Å². The summed E-state index contributed by atoms with van der Waals surface area (Å²) in [5, 5.41) is 7.88. The van der Waals surface area contributed by atoms with E-state index in [1.807, 2.05) is 32.0 Å². The standard InChI is InChI=1S/C25H33ClN4O3/c1-3-30-16-20(26)22(28-30)23(31)29-14-12-25(13-15-29)11-7-6-9-19-8-4-5-10-21(19)33-17-18(2)27-24(25)32/h4-5,8,10,16,18H,3,6-7,9,11-15,17H2,1-2H3,(H,27,32)/t18-/m0/s1. The zero-order valence-corrected chi connectivity index (χ0v) is 20.2. The number of fused-ring (bicyclic) bond motifs is 1. The van der Waals surface area contributed by atoms with Crippen molar-refractivity contribution in [3.8, 4) is 5.75 Å². The SMILES string of the molecule is CCn1cc(Cl)c(C(=O)N2CCC3(CCCCc4ccccc4OC[C@H](C)NC3=O)CC2)n1. The Balaban J connectivity index is 1.45. The average molecular weight is 473 g/mol. The van der Waals surface area contributed by atoms with Crippen LogP contribution in [0.1, 0.15) is 62.0 Å². The second-order valence-corrected chi connectivity index (χ2v) is 9.66. The quantitative estimate of drug-likeness (QED) is 0.714. The third kappa shape index (κ3) is 5.18. The van der Waals surface area contributed by atoms with E-state index in [1.54, 1.807) is 15.8 Å². The Morgan fingerprint density at radius 2 is 2.00 bits per heavy atom. The van der Waals surface area contributed by atoms with Gasteiger partial charge < -0.3 is 15.0 Å². The number of para-hydroxylation sites is 1. The number of amides is 2. The molecule has 8 heteroatoms. The van der Waals surface area contributed by atoms with Gasteiger partial charge in [-0.3, -0.25) is 14.3 Å². The van der Waals surface area contributed by atoms with E-state index in [-0.39, 0.29) is 17.9 Å². The van der Waals surface area contributed by atoms with Crippen molar-refractivity contribution in [3.05, 3.63) is 46.7 Å². The van der Waals surface area contributed by atoms with E-state index in [9.17, 15) is 9.59 Å². The van der Waals surface area contributed by atoms with Crippen LogP contribution in [-0.2, 0) is 17.8 Å². The molecule has 178 valence electrons. The van der Waals surface area contributed by atoms with Gasteiger partial charge in [-0.1, -0.05) is 36.2 Å². The van der Waals surface area contributed by atoms with Gasteiger partial charge in [-0.2, -0.15) is 5.10 Å². The second kappa shape index (κ2) is 10.2. The van der Waals surface area contributed by atoms with Crippen molar-refractivity contribution < 1.29 is 14.3 Å². The Hall–Kier alpha value is -2.54. The van der Waals surface area contributed by atoms with Crippen LogP contribution in [0, 0.1) is 5.41 Å². The summed E-state index contributed by atoms with van der Waals surface area (Å²) in [5.41, 5.74) is 1.05. The minimum absolute atomic E-state index is 0.0767. The fourth-order valence-electron chi connectivity index (χ4n) is 4.85. The van der Waals surface area contributed by atoms with E-state index in [2.05, 4.69) is 16.5 Å². The molecule has 0 saturated carbocycles. The summed E-state index contributed by atoms with van der Waals surface area (Å²) in [6.45, 7) is 6.06. The van der Waals surface area contributed by atoms with Crippen LogP contribution < -0.4 is 10.1 Å². The summed E-state index contributed by atoms with van der Waals surface area (Å²) < 4.78 is 7.70. The first kappa shape index (κ1) is 23.6. The summed E-state index contributed by atoms with van der Waals surface area (Å²) >= 11 is 6.25. The van der Waals surface area contributed by atoms with E-state index in [4.69, 9.17) is 16.3 Å². The molecule has 33 heavy (non-hydrogen) atoms. The molecule has 2 amide bonds. The van der Waals surface area contributed by atoms with Crippen molar-refractivity contribution in [2.24, 2.45) is 5.41 Å². The summed E-state index contributed by atoms with van der Waals surface area (Å²) in [5.74, 6) is 0.826. The number of piperidine rings is 1. The molecule has 3 heterocycles. The highest BCUT2D eigenvalue weighted by Gasteiger charge is 2.42. The Bertz CT molecular complexity index is 997. The van der Waals surface area contributed by atoms with Gasteiger partial charge >= 0.3 is 0 Å². The molecule has 1 spiro atoms. The molecule has 7 nitrogen and oxygen atoms in total. The van der Waals surface area contributed by atoms with Crippen molar-refractivity contribution in [3.63, 3.8) is 0 Å². The molecular weight excluding hydrogens is 440 g/mol. The first-order valence-corrected chi connectivity index (χ1v) is 12.3. The number of carbonyl (C=O) groups is 2. The zero-order chi connectivity index (χ0) is 23.4. The van der Waals surface area contributed by atoms with Gasteiger partial charge in [-0.05, 0) is 57.6 Å². The minimum atomic E-state index is -0.462. The molecule has 1 fully saturated rings. The van der Waals surface area contributed by atoms with Gasteiger partial charge in [0.1, 0.15) is 12.4 Å². The van der Waals surface area contributed by atoms with E-state index in [1.165, 1.54) is 5.56 Å². The van der Waals surface area contributed by atoms with Gasteiger partial charge in [0, 0.05) is 25.8 Å². The number of benzene rings is 1. The highest BCUT2D eigenvalue weighted by molar-refractivity contribution is 6.33. The fourth-order valence-corrected chi connectivity index (χ4v) is 5.08. The number of likely N-dealkylation sites (tertiary alicyclic amines) is 1. The Labute approximate surface area is 200 Å². The third-order valence-corrected chi connectivity index (χ3v) is 7.20. The highest BCUT2D eigenvalue weighted by Crippen LogP contribution is 2.38. The molecule has 2 aromatic rings. The summed E-state index contributed by atoms with van der Waals surface area (Å²) in [4.78, 5) is 28.2. The molecule has 1 N–H and O–H groups in total. The number of nitrogens with one attached hydrogen (secondary N) is 1. The molecule has 0 aliphatic carbocycles. The van der Waals surface area contributed by atoms with Crippen molar-refractivity contribution in [1.82, 2.24) is 20.0 Å². The van der Waals surface area contributed by atoms with Crippen molar-refractivity contribution >= 4 is 23.4 Å². The normalized spacial score (nSPS) is 21.4. The highest BCUT2D eigenvalue weighted by atomic mass is 35.5. The fraction of sp³-hybridized carbons (Fsp3) is 0.560. The Kier molecular flexibility index (Phi) is 7.27. The Morgan fingerprint density at radius 3 is 2.73 bits per heavy atom. The first-order chi connectivity index (χ1) is 15.9. The van der Waals surface area contributed by atoms with Gasteiger partial charge in [-0.25, -0.2) is 0 Å². The van der Waals surface area contributed by atoms with Gasteiger partial charge in [0.15, 0.2) is 5.69 Å². The van der Waals surface area contributed by atoms with Crippen molar-refractivity contribution in [2.45, 2.75) is 65.0 Å². The molecule has 1 aromatic heterocycles. The lowest BCUT2D eigenvalue weighted by Crippen LogP contribution is -2.52. The number of rotatable bonds is 2. The number of hydrogen-bond acceptors (Lipinski definition) is 4. The molecular formula is C25H33ClN4O3. The third-order valence-electron chi connectivity index (χ3n) is 6.92. The van der Waals surface area contributed by atoms with Crippen LogP contribution in [0.2, 0.25) is 5.02 Å². The van der Waals surface area contributed by atoms with Gasteiger partial charge in [0.2, 0.25) is 5.91 Å². The molecule has 0 unspecified atom stereocenters. The van der Waals surface area contributed by atoms with E-state index in [0.717, 1.165) is 31.4 Å². The van der Waals surface area contributed by atoms with Crippen LogP contribution in [0.3, 0.4) is 0 Å². The molecule has 0 radical (unpaired) electrons. The van der Waals surface area contributed by atoms with E-state index in [0.29, 0.717) is 49.8 Å². The molecule has 1 atom stereocenters. The van der Waals surface area contributed by atoms with E-state index >= 15 is 0 Å². The smallest absolute Gasteiger partial charge is 0.275 e. The molecule has 0 bridgehead atoms. The van der Waals surface area contributed by atoms with Crippen LogP contribution in [0.4, 0.5) is 0 Å². The maximum Gasteiger partial charge on any atom is 0.275 e. The van der Waals surface area contributed by atoms with Crippen molar-refractivity contribution in [2.75, 3.05) is 19.7 Å². The molecule has 2 aliphatic rings. The predicted octanol–water partition coefficient (Wildman–Crippen LogP) is 4.09. The van der Waals surface area contributed by atoms with Crippen LogP contribution in [0.5, 0.6) is 5.75 Å². The van der Waals surface area contributed by atoms with Gasteiger partial charge in [-0.15, -0.1) is 0 Å². The number of nitrogens with zero attached hydrogens (tertiary/aromatic N) is 3. The lowest BCUT2D eigenvalue weighted by atomic mass is 9.73. The summed E-state index contributed by atoms with van der Waals surface area (Å²) in [6, 6.07) is 8.05. The molecule has 1 saturated heterocycles. The summed E-state index contributed by atoms with van der Waals surface area (Å²) in [6.07, 6.45) is 6.67. The molecule has 4 rings (SSSR count). The summed E-state index contributed by atoms with van der Waals surface area (Å²) in [7, 11) is 0. The number of hydrogen-bond donors (Lipinski definition) is 1. The van der Waals surface area contributed by atoms with Crippen LogP contribution >= 0.6 is 11.6 Å². The maximum absolute atomic E-state index is 13.4. The molecule has 1 aromatic carbocycles. The zero-order valence-electron chi connectivity index (χ0n) is 19.5. The van der Waals surface area contributed by atoms with Gasteiger partial charge in [0.25, 0.3) is 5.91 Å². The number of halogens is 1. The average Bonchev–Trinajstić information content (AvgIpc) is 3.21. The minimum Gasteiger partial charge on any atom is -0.491 e. The first-order valence-electron chi connectivity index (χ1n) is 12.0. The number of aryl methyl sites for hydroxylation is 2. The van der Waals surface area contributed by atoms with Crippen LogP contribution in [-0.4, -0.2) is 52.2 Å². The monoisotopic (exact) mass is 472 g/mol. The van der Waals surface area contributed by atoms with E-state index < -0.39 is 5.41 Å². The lowest BCUT2D eigenvalue weighted by molar-refractivity contribution is -0.135. The van der Waals surface area contributed by atoms with Gasteiger partial charge in [0.05, 0.1) is 16.5 Å². The predicted molar refractivity (Wildman–Crippen MR) is 128 cm³/mol. The number of aromatic nitrogens is 2. The number of ether oxygens (including phenoxy) is 1. The lowest BCUT2D eigenvalue weighted by Gasteiger charge is -2.41. The molecule has 2 aliphatic heterocycles. The number of carbonyl (C=O) groups excluding carboxylic acids is 2. The maximum atomic E-state index is 13.4. The largest absolute Gasteiger partial charge is 0.491 e. The van der Waals surface area contributed by atoms with Crippen LogP contribution in [0.25, 0.3) is 0 Å². The Morgan fingerprint density at radius 1 is 1.24 bits per heavy atom.